The van der Waals surface area contributed by atoms with Crippen molar-refractivity contribution in [3.8, 4) is 0 Å². The number of likely N-dealkylation sites (tertiary alicyclic amines) is 2. The van der Waals surface area contributed by atoms with Gasteiger partial charge in [0.1, 0.15) is 24.1 Å². The zero-order chi connectivity index (χ0) is 50.6. The van der Waals surface area contributed by atoms with Crippen LogP contribution < -0.4 is 26.6 Å². The second-order valence-electron chi connectivity index (χ2n) is 24.3. The van der Waals surface area contributed by atoms with E-state index in [9.17, 15) is 15.3 Å². The fourth-order valence-corrected chi connectivity index (χ4v) is 16.2. The van der Waals surface area contributed by atoms with Gasteiger partial charge in [-0.2, -0.15) is 0 Å². The summed E-state index contributed by atoms with van der Waals surface area (Å²) in [6.07, 6.45) is 11.5. The number of nitrogens with zero attached hydrogens (tertiary/aromatic N) is 4. The van der Waals surface area contributed by atoms with Crippen LogP contribution >= 0.6 is 11.8 Å². The van der Waals surface area contributed by atoms with Gasteiger partial charge in [0.15, 0.2) is 0 Å². The summed E-state index contributed by atoms with van der Waals surface area (Å²) in [7, 11) is 2.97. The molecule has 9 rings (SSSR count). The van der Waals surface area contributed by atoms with Crippen LogP contribution in [0.2, 0.25) is 0 Å². The molecule has 0 amide bonds. The highest BCUT2D eigenvalue weighted by Gasteiger charge is 2.58. The number of aliphatic hydroxyl groups excluding tert-OH is 3. The van der Waals surface area contributed by atoms with Crippen molar-refractivity contribution in [2.75, 3.05) is 46.9 Å². The Labute approximate surface area is 429 Å². The predicted molar refractivity (Wildman–Crippen MR) is 279 cm³/mol. The van der Waals surface area contributed by atoms with Crippen molar-refractivity contribution < 1.29 is 33.9 Å². The molecule has 0 aromatic rings. The number of hydrogen-bond donors (Lipinski definition) is 8. The molecule has 71 heavy (non-hydrogen) atoms. The van der Waals surface area contributed by atoms with Gasteiger partial charge >= 0.3 is 0 Å². The number of rotatable bonds is 19. The number of nitrogens with one attached hydrogen (secondary N) is 5. The van der Waals surface area contributed by atoms with Gasteiger partial charge in [0.2, 0.25) is 12.8 Å². The number of allylic oxidation sites excluding steroid dienone is 1. The van der Waals surface area contributed by atoms with E-state index < -0.39 is 19.1 Å². The highest BCUT2D eigenvalue weighted by atomic mass is 32.2. The van der Waals surface area contributed by atoms with E-state index in [4.69, 9.17) is 19.2 Å². The minimum atomic E-state index is -1.16. The quantitative estimate of drug-likeness (QED) is 0.0651. The minimum absolute atomic E-state index is 0.0118. The summed E-state index contributed by atoms with van der Waals surface area (Å²) in [5, 5.41) is 51.0. The number of methoxy groups -OCH3 is 2. The maximum Gasteiger partial charge on any atom is 0.213 e. The van der Waals surface area contributed by atoms with E-state index in [0.29, 0.717) is 41.5 Å². The number of halogens is 1. The lowest BCUT2D eigenvalue weighted by molar-refractivity contribution is -0.176. The van der Waals surface area contributed by atoms with Gasteiger partial charge in [-0.15, -0.1) is 11.8 Å². The lowest BCUT2D eigenvalue weighted by Gasteiger charge is -2.51. The summed E-state index contributed by atoms with van der Waals surface area (Å²) in [4.78, 5) is 13.9. The van der Waals surface area contributed by atoms with Crippen LogP contribution in [0.4, 0.5) is 4.39 Å². The Hall–Kier alpha value is -1.55. The van der Waals surface area contributed by atoms with Gasteiger partial charge in [0.05, 0.1) is 36.8 Å². The fourth-order valence-electron chi connectivity index (χ4n) is 14.8. The van der Waals surface area contributed by atoms with Crippen molar-refractivity contribution in [2.24, 2.45) is 52.3 Å². The third-order valence-corrected chi connectivity index (χ3v) is 20.8. The second kappa shape index (κ2) is 22.6. The monoisotopic (exact) mass is 1010 g/mol. The van der Waals surface area contributed by atoms with E-state index in [-0.39, 0.29) is 89.8 Å². The van der Waals surface area contributed by atoms with Crippen molar-refractivity contribution in [3.63, 3.8) is 0 Å². The number of amidine groups is 1. The van der Waals surface area contributed by atoms with Crippen LogP contribution in [0.15, 0.2) is 39.5 Å². The molecule has 5 fully saturated rings. The Morgan fingerprint density at radius 1 is 0.972 bits per heavy atom. The smallest absolute Gasteiger partial charge is 0.213 e. The van der Waals surface area contributed by atoms with E-state index in [0.717, 1.165) is 83.4 Å². The number of ether oxygens (including phenoxy) is 3. The molecule has 15 nitrogen and oxygen atoms in total. The molecule has 8 N–H and O–H groups in total. The highest BCUT2D eigenvalue weighted by Crippen LogP contribution is 2.55. The topological polar surface area (TPSA) is 171 Å². The maximum atomic E-state index is 17.3. The molecule has 402 valence electrons. The molecule has 9 unspecified atom stereocenters. The Morgan fingerprint density at radius 3 is 2.44 bits per heavy atom. The molecule has 17 heteroatoms. The standard InChI is InChI=1S/C54H92FN9O6S/c1-28(2)39(60-52(66)68-10)27-62-18-12-14-41(62)49-57-26-38(59-49)34-22-36(55)45-42-23-35-21-33(15-16-40(35)64(42)51(70-43(45)24-34)44-20-31(7)47(71-44)30(5)6)37-25-56-48(58-37)32(8)54(9)17-13-19-63(54)50(65)46(29(3)4)61-53(67)69-11/h15,20,22,28-32,34-35,37-43,45-47,49-53,57,59-61,65-67H,12-14,16-19,21,23-27H2,1-11H3,(H,56,58)/t31?,32?,34-,35+,37?,38-,39-,40+,41+,42?,43?,45-,46+,47+,49?,50-,51?,52?,53?,54-/m1/s1. The molecule has 0 spiro atoms. The second-order valence-corrected chi connectivity index (χ2v) is 25.5. The maximum absolute atomic E-state index is 17.3. The SMILES string of the molecule is COC(O)N[C@H](CN1CCC[C@H]1C1NC[C@H]([C@@H]2C=C(F)[C@H]3C(C2)OC(C2=CC(C)[C@H](C(C)C)S2)N2C3C[C@@H]3CC(C4CN=C(C(C)[C@@]5(C)CCCN5[C@H](O)[C@@H](NC(O)OC)C(C)C)N4)=CC[C@@H]32)N1)C(C)C. The van der Waals surface area contributed by atoms with Crippen molar-refractivity contribution in [1.29, 1.82) is 0 Å². The average molecular weight is 1010 g/mol. The zero-order valence-electron chi connectivity index (χ0n) is 44.8. The van der Waals surface area contributed by atoms with Gasteiger partial charge in [-0.25, -0.2) is 4.39 Å². The van der Waals surface area contributed by atoms with Crippen LogP contribution in [-0.2, 0) is 14.2 Å². The first-order chi connectivity index (χ1) is 33.9. The molecule has 20 atom stereocenters. The van der Waals surface area contributed by atoms with Gasteiger partial charge in [0.25, 0.3) is 0 Å². The van der Waals surface area contributed by atoms with Crippen molar-refractivity contribution >= 4 is 17.6 Å². The van der Waals surface area contributed by atoms with E-state index in [1.807, 2.05) is 17.8 Å². The Morgan fingerprint density at radius 2 is 1.73 bits per heavy atom. The van der Waals surface area contributed by atoms with E-state index in [2.05, 4.69) is 116 Å². The molecule has 0 aromatic carbocycles. The van der Waals surface area contributed by atoms with Gasteiger partial charge in [-0.05, 0) is 112 Å². The molecule has 5 saturated heterocycles. The van der Waals surface area contributed by atoms with E-state index in [1.165, 1.54) is 24.7 Å². The van der Waals surface area contributed by atoms with E-state index in [1.54, 1.807) is 0 Å². The number of fused-ring (bicyclic) bond motifs is 5. The molecule has 9 aliphatic rings. The van der Waals surface area contributed by atoms with Gasteiger partial charge in [-0.1, -0.05) is 67.5 Å². The summed E-state index contributed by atoms with van der Waals surface area (Å²) < 4.78 is 34.9. The molecular formula is C54H92FN9O6S. The third kappa shape index (κ3) is 10.9. The van der Waals surface area contributed by atoms with Gasteiger partial charge in [-0.3, -0.25) is 41.0 Å². The molecule has 7 aliphatic heterocycles. The summed E-state index contributed by atoms with van der Waals surface area (Å²) in [6, 6.07) is 0.584. The average Bonchev–Trinajstić information content (AvgIpc) is 4.21. The third-order valence-electron chi connectivity index (χ3n) is 19.0. The first-order valence-electron chi connectivity index (χ1n) is 27.7. The fraction of sp³-hybridized carbons (Fsp3) is 0.870. The Balaban J connectivity index is 0.883. The normalized spacial score (nSPS) is 40.5. The zero-order valence-corrected chi connectivity index (χ0v) is 45.6. The van der Waals surface area contributed by atoms with Gasteiger partial charge < -0.3 is 34.8 Å². The van der Waals surface area contributed by atoms with Crippen molar-refractivity contribution in [2.45, 2.75) is 204 Å². The predicted octanol–water partition coefficient (Wildman–Crippen LogP) is 4.88. The molecule has 0 aromatic heterocycles. The van der Waals surface area contributed by atoms with E-state index >= 15 is 4.39 Å². The van der Waals surface area contributed by atoms with Crippen LogP contribution in [0, 0.1) is 47.3 Å². The molecule has 0 bridgehead atoms. The lowest BCUT2D eigenvalue weighted by Crippen LogP contribution is -2.62. The Kier molecular flexibility index (Phi) is 17.2. The highest BCUT2D eigenvalue weighted by molar-refractivity contribution is 8.04. The largest absolute Gasteiger partial charge is 0.377 e. The van der Waals surface area contributed by atoms with Crippen molar-refractivity contribution in [3.05, 3.63) is 34.5 Å². The number of hydrogen-bond acceptors (Lipinski definition) is 16. The molecule has 7 heterocycles. The lowest BCUT2D eigenvalue weighted by atomic mass is 9.75. The summed E-state index contributed by atoms with van der Waals surface area (Å²) >= 11 is 2.01. The summed E-state index contributed by atoms with van der Waals surface area (Å²) in [6.45, 7) is 24.1. The number of aliphatic imine (C=N–C) groups is 1. The number of aliphatic hydroxyl groups is 3. The molecule has 2 aliphatic carbocycles. The van der Waals surface area contributed by atoms with Crippen LogP contribution in [0.3, 0.4) is 0 Å². The molecule has 0 saturated carbocycles. The summed E-state index contributed by atoms with van der Waals surface area (Å²) in [5.74, 6) is 2.57. The Bertz CT molecular complexity index is 1960. The molecular weight excluding hydrogens is 922 g/mol. The first-order valence-corrected chi connectivity index (χ1v) is 28.6. The number of thioether (sulfide) groups is 1. The van der Waals surface area contributed by atoms with Crippen LogP contribution in [0.25, 0.3) is 0 Å². The minimum Gasteiger partial charge on any atom is -0.377 e. The van der Waals surface area contributed by atoms with Crippen LogP contribution in [-0.4, -0.2) is 173 Å². The first kappa shape index (κ1) is 54.2. The molecule has 0 radical (unpaired) electrons. The summed E-state index contributed by atoms with van der Waals surface area (Å²) in [5.41, 5.74) is 1.09. The van der Waals surface area contributed by atoms with Crippen LogP contribution in [0.5, 0.6) is 0 Å². The van der Waals surface area contributed by atoms with Crippen LogP contribution in [0.1, 0.15) is 114 Å². The van der Waals surface area contributed by atoms with Crippen molar-refractivity contribution in [1.82, 2.24) is 41.3 Å². The van der Waals surface area contributed by atoms with Gasteiger partial charge in [0, 0.05) is 85.7 Å².